The Morgan fingerprint density at radius 1 is 1.11 bits per heavy atom. The van der Waals surface area contributed by atoms with Crippen LogP contribution in [0.25, 0.3) is 10.9 Å². The summed E-state index contributed by atoms with van der Waals surface area (Å²) in [6, 6.07) is 12.6. The molecular formula is C16H16N2. The SMILES string of the molecule is Cc1[nH]c2ccccc2c1C(C)c1cccnc1. The molecule has 1 unspecified atom stereocenters. The number of nitrogens with zero attached hydrogens (tertiary/aromatic N) is 1. The lowest BCUT2D eigenvalue weighted by Gasteiger charge is -2.12. The topological polar surface area (TPSA) is 28.7 Å². The lowest BCUT2D eigenvalue weighted by molar-refractivity contribution is 0.907. The number of aromatic nitrogens is 2. The quantitative estimate of drug-likeness (QED) is 0.715. The average Bonchev–Trinajstić information content (AvgIpc) is 2.75. The molecule has 90 valence electrons. The maximum absolute atomic E-state index is 4.22. The first-order valence-corrected chi connectivity index (χ1v) is 6.24. The van der Waals surface area contributed by atoms with Gasteiger partial charge in [-0.3, -0.25) is 4.98 Å². The molecule has 0 saturated heterocycles. The standard InChI is InChI=1S/C16H16N2/c1-11(13-6-5-9-17-10-13)16-12(2)18-15-8-4-3-7-14(15)16/h3-11,18H,1-2H3. The minimum Gasteiger partial charge on any atom is -0.358 e. The number of aryl methyl sites for hydroxylation is 1. The number of hydrogen-bond donors (Lipinski definition) is 1. The summed E-state index contributed by atoms with van der Waals surface area (Å²) in [6.07, 6.45) is 3.77. The second-order valence-corrected chi connectivity index (χ2v) is 4.72. The third-order valence-electron chi connectivity index (χ3n) is 3.56. The fraction of sp³-hybridized carbons (Fsp3) is 0.188. The number of aromatic amines is 1. The van der Waals surface area contributed by atoms with Crippen LogP contribution in [0.3, 0.4) is 0 Å². The van der Waals surface area contributed by atoms with Crippen LogP contribution in [0, 0.1) is 6.92 Å². The van der Waals surface area contributed by atoms with Gasteiger partial charge < -0.3 is 4.98 Å². The molecule has 0 aliphatic heterocycles. The van der Waals surface area contributed by atoms with E-state index in [1.807, 2.05) is 18.5 Å². The lowest BCUT2D eigenvalue weighted by Crippen LogP contribution is -1.97. The van der Waals surface area contributed by atoms with Crippen molar-refractivity contribution in [3.63, 3.8) is 0 Å². The highest BCUT2D eigenvalue weighted by Crippen LogP contribution is 2.32. The molecule has 1 atom stereocenters. The molecule has 2 heterocycles. The highest BCUT2D eigenvalue weighted by atomic mass is 14.7. The molecule has 1 N–H and O–H groups in total. The zero-order valence-corrected chi connectivity index (χ0v) is 10.6. The molecule has 0 aliphatic rings. The van der Waals surface area contributed by atoms with Crippen LogP contribution in [0.5, 0.6) is 0 Å². The van der Waals surface area contributed by atoms with E-state index < -0.39 is 0 Å². The maximum atomic E-state index is 4.22. The van der Waals surface area contributed by atoms with E-state index in [0.29, 0.717) is 5.92 Å². The molecule has 2 heteroatoms. The van der Waals surface area contributed by atoms with Crippen LogP contribution in [0.4, 0.5) is 0 Å². The normalized spacial score (nSPS) is 12.8. The van der Waals surface area contributed by atoms with E-state index in [0.717, 1.165) is 0 Å². The molecule has 2 aromatic heterocycles. The molecule has 1 aromatic carbocycles. The molecule has 18 heavy (non-hydrogen) atoms. The Balaban J connectivity index is 2.17. The summed E-state index contributed by atoms with van der Waals surface area (Å²) in [5.41, 5.74) is 5.08. The van der Waals surface area contributed by atoms with Crippen molar-refractivity contribution < 1.29 is 0 Å². The summed E-state index contributed by atoms with van der Waals surface area (Å²) >= 11 is 0. The summed E-state index contributed by atoms with van der Waals surface area (Å²) < 4.78 is 0. The molecular weight excluding hydrogens is 220 g/mol. The Morgan fingerprint density at radius 3 is 2.72 bits per heavy atom. The Kier molecular flexibility index (Phi) is 2.63. The van der Waals surface area contributed by atoms with Crippen LogP contribution < -0.4 is 0 Å². The van der Waals surface area contributed by atoms with E-state index in [1.165, 1.54) is 27.7 Å². The van der Waals surface area contributed by atoms with Gasteiger partial charge in [-0.15, -0.1) is 0 Å². The predicted octanol–water partition coefficient (Wildman–Crippen LogP) is 4.02. The van der Waals surface area contributed by atoms with E-state index in [2.05, 4.69) is 54.1 Å². The molecule has 3 rings (SSSR count). The van der Waals surface area contributed by atoms with Gasteiger partial charge in [-0.25, -0.2) is 0 Å². The molecule has 0 saturated carbocycles. The molecule has 0 bridgehead atoms. The molecule has 2 nitrogen and oxygen atoms in total. The van der Waals surface area contributed by atoms with Gasteiger partial charge in [-0.2, -0.15) is 0 Å². The Bertz CT molecular complexity index is 668. The first kappa shape index (κ1) is 11.0. The molecule has 0 spiro atoms. The highest BCUT2D eigenvalue weighted by Gasteiger charge is 2.16. The number of benzene rings is 1. The van der Waals surface area contributed by atoms with Gasteiger partial charge in [-0.1, -0.05) is 31.2 Å². The van der Waals surface area contributed by atoms with Gasteiger partial charge in [0, 0.05) is 34.9 Å². The second kappa shape index (κ2) is 4.30. The van der Waals surface area contributed by atoms with Gasteiger partial charge in [0.2, 0.25) is 0 Å². The van der Waals surface area contributed by atoms with E-state index in [-0.39, 0.29) is 0 Å². The van der Waals surface area contributed by atoms with Crippen LogP contribution in [0.2, 0.25) is 0 Å². The number of para-hydroxylation sites is 1. The van der Waals surface area contributed by atoms with E-state index in [1.54, 1.807) is 0 Å². The van der Waals surface area contributed by atoms with Crippen LogP contribution >= 0.6 is 0 Å². The summed E-state index contributed by atoms with van der Waals surface area (Å²) in [4.78, 5) is 7.67. The number of hydrogen-bond acceptors (Lipinski definition) is 1. The monoisotopic (exact) mass is 236 g/mol. The fourth-order valence-corrected chi connectivity index (χ4v) is 2.66. The molecule has 3 aromatic rings. The van der Waals surface area contributed by atoms with Gasteiger partial charge in [0.25, 0.3) is 0 Å². The average molecular weight is 236 g/mol. The van der Waals surface area contributed by atoms with E-state index in [9.17, 15) is 0 Å². The van der Waals surface area contributed by atoms with Crippen molar-refractivity contribution in [2.24, 2.45) is 0 Å². The van der Waals surface area contributed by atoms with Crippen LogP contribution in [0.1, 0.15) is 29.7 Å². The van der Waals surface area contributed by atoms with Crippen molar-refractivity contribution in [1.82, 2.24) is 9.97 Å². The summed E-state index contributed by atoms with van der Waals surface area (Å²) in [5.74, 6) is 0.356. The lowest BCUT2D eigenvalue weighted by atomic mass is 9.92. The molecule has 0 amide bonds. The van der Waals surface area contributed by atoms with Gasteiger partial charge in [0.05, 0.1) is 0 Å². The van der Waals surface area contributed by atoms with Crippen molar-refractivity contribution in [2.45, 2.75) is 19.8 Å². The largest absolute Gasteiger partial charge is 0.358 e. The predicted molar refractivity (Wildman–Crippen MR) is 74.8 cm³/mol. The fourth-order valence-electron chi connectivity index (χ4n) is 2.66. The molecule has 0 radical (unpaired) electrons. The number of H-pyrrole nitrogens is 1. The van der Waals surface area contributed by atoms with Crippen molar-refractivity contribution in [3.8, 4) is 0 Å². The number of nitrogens with one attached hydrogen (secondary N) is 1. The van der Waals surface area contributed by atoms with Crippen molar-refractivity contribution >= 4 is 10.9 Å². The van der Waals surface area contributed by atoms with Crippen LogP contribution in [0.15, 0.2) is 48.8 Å². The van der Waals surface area contributed by atoms with E-state index in [4.69, 9.17) is 0 Å². The van der Waals surface area contributed by atoms with Gasteiger partial charge in [0.15, 0.2) is 0 Å². The third-order valence-corrected chi connectivity index (χ3v) is 3.56. The van der Waals surface area contributed by atoms with Crippen LogP contribution in [-0.4, -0.2) is 9.97 Å². The molecule has 0 aliphatic carbocycles. The summed E-state index contributed by atoms with van der Waals surface area (Å²) in [7, 11) is 0. The van der Waals surface area contributed by atoms with E-state index >= 15 is 0 Å². The minimum absolute atomic E-state index is 0.356. The Morgan fingerprint density at radius 2 is 1.94 bits per heavy atom. The van der Waals surface area contributed by atoms with Gasteiger partial charge in [-0.05, 0) is 30.2 Å². The van der Waals surface area contributed by atoms with Gasteiger partial charge >= 0.3 is 0 Å². The second-order valence-electron chi connectivity index (χ2n) is 4.72. The first-order chi connectivity index (χ1) is 8.77. The first-order valence-electron chi connectivity index (χ1n) is 6.24. The minimum atomic E-state index is 0.356. The number of rotatable bonds is 2. The van der Waals surface area contributed by atoms with Gasteiger partial charge in [0.1, 0.15) is 0 Å². The Labute approximate surface area is 107 Å². The summed E-state index contributed by atoms with van der Waals surface area (Å²) in [5, 5.41) is 1.31. The smallest absolute Gasteiger partial charge is 0.0459 e. The van der Waals surface area contributed by atoms with Crippen molar-refractivity contribution in [1.29, 1.82) is 0 Å². The number of fused-ring (bicyclic) bond motifs is 1. The molecule has 0 fully saturated rings. The zero-order chi connectivity index (χ0) is 12.5. The maximum Gasteiger partial charge on any atom is 0.0459 e. The Hall–Kier alpha value is -2.09. The summed E-state index contributed by atoms with van der Waals surface area (Å²) in [6.45, 7) is 4.38. The van der Waals surface area contributed by atoms with Crippen LogP contribution in [-0.2, 0) is 0 Å². The van der Waals surface area contributed by atoms with Crippen molar-refractivity contribution in [3.05, 3.63) is 65.6 Å². The number of pyridine rings is 1. The van der Waals surface area contributed by atoms with Crippen molar-refractivity contribution in [2.75, 3.05) is 0 Å². The third kappa shape index (κ3) is 1.70. The highest BCUT2D eigenvalue weighted by molar-refractivity contribution is 5.85. The zero-order valence-electron chi connectivity index (χ0n) is 10.6.